The maximum Gasteiger partial charge on any atom is 0.123 e. The first-order valence-corrected chi connectivity index (χ1v) is 11.1. The van der Waals surface area contributed by atoms with Gasteiger partial charge in [-0.25, -0.2) is 9.37 Å². The zero-order valence-corrected chi connectivity index (χ0v) is 18.2. The van der Waals surface area contributed by atoms with E-state index in [4.69, 9.17) is 9.98 Å². The molecule has 3 aromatic rings. The summed E-state index contributed by atoms with van der Waals surface area (Å²) in [6.07, 6.45) is 4.00. The van der Waals surface area contributed by atoms with Crippen LogP contribution in [0, 0.1) is 12.7 Å². The second-order valence-electron chi connectivity index (χ2n) is 8.39. The molecule has 0 unspecified atom stereocenters. The highest BCUT2D eigenvalue weighted by Gasteiger charge is 2.22. The molecule has 6 rings (SSSR count). The molecule has 3 aliphatic rings. The molecule has 0 spiro atoms. The number of aryl methyl sites for hydroxylation is 1. The molecule has 6 heteroatoms. The zero-order valence-electron chi connectivity index (χ0n) is 18.2. The van der Waals surface area contributed by atoms with Crippen LogP contribution in [0.2, 0.25) is 0 Å². The number of anilines is 2. The minimum Gasteiger partial charge on any atom is -0.352 e. The zero-order chi connectivity index (χ0) is 22.4. The fraction of sp³-hybridized carbons (Fsp3) is 0.148. The van der Waals surface area contributed by atoms with Crippen molar-refractivity contribution in [2.45, 2.75) is 25.8 Å². The molecule has 2 aliphatic carbocycles. The number of hydrogen-bond acceptors (Lipinski definition) is 4. The number of hydrogen-bond donors (Lipinski definition) is 1. The lowest BCUT2D eigenvalue weighted by Crippen LogP contribution is -2.16. The Morgan fingerprint density at radius 2 is 1.79 bits per heavy atom. The number of nitrogens with zero attached hydrogens (tertiary/aromatic N) is 4. The van der Waals surface area contributed by atoms with Crippen molar-refractivity contribution < 1.29 is 4.39 Å². The average molecular weight is 436 g/mol. The van der Waals surface area contributed by atoms with Crippen molar-refractivity contribution in [3.8, 4) is 17.1 Å². The molecule has 1 N–H and O–H groups in total. The molecule has 162 valence electrons. The van der Waals surface area contributed by atoms with Gasteiger partial charge in [0.05, 0.1) is 50.9 Å². The van der Waals surface area contributed by atoms with Crippen LogP contribution < -0.4 is 10.7 Å². The minimum absolute atomic E-state index is 0.259. The molecule has 1 aliphatic heterocycles. The Labute approximate surface area is 190 Å². The second-order valence-corrected chi connectivity index (χ2v) is 8.39. The number of fused-ring (bicyclic) bond motifs is 2. The summed E-state index contributed by atoms with van der Waals surface area (Å²) >= 11 is 0. The summed E-state index contributed by atoms with van der Waals surface area (Å²) < 4.78 is 15.8. The molecule has 0 bridgehead atoms. The molecule has 2 aromatic carbocycles. The molecule has 1 saturated carbocycles. The SMILES string of the molecule is Cc1ncccc1Nc1cc2nc3ccccc3n(-c3ccc(F)cc3)c-2cc1=NC1CC1. The van der Waals surface area contributed by atoms with Gasteiger partial charge in [0.25, 0.3) is 0 Å². The summed E-state index contributed by atoms with van der Waals surface area (Å²) in [5.41, 5.74) is 7.21. The van der Waals surface area contributed by atoms with Crippen LogP contribution in [0.5, 0.6) is 0 Å². The van der Waals surface area contributed by atoms with Gasteiger partial charge in [-0.05, 0) is 80.4 Å². The van der Waals surface area contributed by atoms with E-state index in [1.54, 1.807) is 18.3 Å². The van der Waals surface area contributed by atoms with Crippen molar-refractivity contribution in [2.75, 3.05) is 5.32 Å². The average Bonchev–Trinajstić information content (AvgIpc) is 3.64. The molecule has 1 aromatic heterocycles. The molecule has 33 heavy (non-hydrogen) atoms. The largest absolute Gasteiger partial charge is 0.352 e. The van der Waals surface area contributed by atoms with Crippen molar-refractivity contribution in [3.05, 3.63) is 95.9 Å². The number of nitrogens with one attached hydrogen (secondary N) is 1. The quantitative estimate of drug-likeness (QED) is 0.364. The molecular formula is C27H22FN5. The van der Waals surface area contributed by atoms with Crippen LogP contribution in [0.15, 0.2) is 84.0 Å². The number of rotatable bonds is 4. The van der Waals surface area contributed by atoms with Gasteiger partial charge in [-0.3, -0.25) is 9.98 Å². The van der Waals surface area contributed by atoms with Crippen molar-refractivity contribution >= 4 is 22.4 Å². The lowest BCUT2D eigenvalue weighted by atomic mass is 10.1. The molecule has 0 saturated heterocycles. The van der Waals surface area contributed by atoms with Crippen LogP contribution in [0.3, 0.4) is 0 Å². The molecule has 2 heterocycles. The smallest absolute Gasteiger partial charge is 0.123 e. The number of halogens is 1. The lowest BCUT2D eigenvalue weighted by Gasteiger charge is -2.20. The third-order valence-corrected chi connectivity index (χ3v) is 5.93. The first-order chi connectivity index (χ1) is 16.2. The van der Waals surface area contributed by atoms with Crippen LogP contribution in [0.25, 0.3) is 28.1 Å². The van der Waals surface area contributed by atoms with Crippen LogP contribution in [0.1, 0.15) is 18.5 Å². The summed E-state index contributed by atoms with van der Waals surface area (Å²) in [6.45, 7) is 1.98. The predicted molar refractivity (Wildman–Crippen MR) is 128 cm³/mol. The maximum atomic E-state index is 13.7. The Kier molecular flexibility index (Phi) is 4.64. The predicted octanol–water partition coefficient (Wildman–Crippen LogP) is 5.78. The number of pyridine rings is 1. The highest BCUT2D eigenvalue weighted by atomic mass is 19.1. The van der Waals surface area contributed by atoms with E-state index in [2.05, 4.69) is 27.0 Å². The van der Waals surface area contributed by atoms with Gasteiger partial charge in [0.2, 0.25) is 0 Å². The molecule has 5 nitrogen and oxygen atoms in total. The van der Waals surface area contributed by atoms with Gasteiger partial charge in [-0.2, -0.15) is 0 Å². The Morgan fingerprint density at radius 1 is 0.970 bits per heavy atom. The Balaban J connectivity index is 1.64. The van der Waals surface area contributed by atoms with Gasteiger partial charge >= 0.3 is 0 Å². The summed E-state index contributed by atoms with van der Waals surface area (Å²) in [5, 5.41) is 4.42. The second kappa shape index (κ2) is 7.81. The van der Waals surface area contributed by atoms with E-state index in [0.717, 1.165) is 63.4 Å². The highest BCUT2D eigenvalue weighted by molar-refractivity contribution is 5.84. The summed E-state index contributed by atoms with van der Waals surface area (Å²) in [7, 11) is 0. The van der Waals surface area contributed by atoms with E-state index in [1.165, 1.54) is 12.1 Å². The summed E-state index contributed by atoms with van der Waals surface area (Å²) in [6, 6.07) is 23.0. The molecule has 0 atom stereocenters. The van der Waals surface area contributed by atoms with E-state index in [1.807, 2.05) is 43.3 Å². The van der Waals surface area contributed by atoms with Gasteiger partial charge in [0, 0.05) is 11.9 Å². The van der Waals surface area contributed by atoms with Gasteiger partial charge < -0.3 is 9.88 Å². The highest BCUT2D eigenvalue weighted by Crippen LogP contribution is 2.31. The fourth-order valence-corrected chi connectivity index (χ4v) is 4.08. The monoisotopic (exact) mass is 435 g/mol. The minimum atomic E-state index is -0.259. The third kappa shape index (κ3) is 3.74. The van der Waals surface area contributed by atoms with E-state index in [0.29, 0.717) is 6.04 Å². The lowest BCUT2D eigenvalue weighted by molar-refractivity contribution is 0.627. The van der Waals surface area contributed by atoms with Crippen LogP contribution in [0.4, 0.5) is 15.8 Å². The number of aromatic nitrogens is 3. The third-order valence-electron chi connectivity index (χ3n) is 5.93. The van der Waals surface area contributed by atoms with Crippen molar-refractivity contribution in [1.29, 1.82) is 0 Å². The summed E-state index contributed by atoms with van der Waals surface area (Å²) in [5.74, 6) is -0.259. The molecule has 0 amide bonds. The normalized spacial score (nSPS) is 14.2. The molecule has 1 fully saturated rings. The topological polar surface area (TPSA) is 55.1 Å². The Bertz CT molecular complexity index is 1520. The van der Waals surface area contributed by atoms with Crippen LogP contribution >= 0.6 is 0 Å². The van der Waals surface area contributed by atoms with Gasteiger partial charge in [-0.1, -0.05) is 12.1 Å². The molecular weight excluding hydrogens is 413 g/mol. The van der Waals surface area contributed by atoms with Crippen molar-refractivity contribution in [2.24, 2.45) is 4.99 Å². The van der Waals surface area contributed by atoms with Crippen molar-refractivity contribution in [1.82, 2.24) is 14.5 Å². The van der Waals surface area contributed by atoms with Gasteiger partial charge in [0.1, 0.15) is 5.82 Å². The maximum absolute atomic E-state index is 13.7. The number of para-hydroxylation sites is 2. The van der Waals surface area contributed by atoms with E-state index < -0.39 is 0 Å². The fourth-order valence-electron chi connectivity index (χ4n) is 4.08. The first kappa shape index (κ1) is 19.6. The van der Waals surface area contributed by atoms with E-state index >= 15 is 0 Å². The van der Waals surface area contributed by atoms with Crippen molar-refractivity contribution in [3.63, 3.8) is 0 Å². The van der Waals surface area contributed by atoms with E-state index in [-0.39, 0.29) is 5.82 Å². The summed E-state index contributed by atoms with van der Waals surface area (Å²) in [4.78, 5) is 14.3. The standard InChI is InChI=1S/C27H22FN5/c1-17-21(6-4-14-29-17)31-23-15-25-27(16-24(23)30-19-10-11-19)33(20-12-8-18(28)9-13-20)26-7-3-2-5-22(26)32-25/h2-9,12-16,19,31H,10-11H2,1H3. The van der Waals surface area contributed by atoms with Crippen LogP contribution in [-0.4, -0.2) is 20.6 Å². The molecule has 0 radical (unpaired) electrons. The van der Waals surface area contributed by atoms with Crippen LogP contribution in [-0.2, 0) is 0 Å². The first-order valence-electron chi connectivity index (χ1n) is 11.1. The number of benzene rings is 3. The Morgan fingerprint density at radius 3 is 2.58 bits per heavy atom. The Hall–Kier alpha value is -4.06. The van der Waals surface area contributed by atoms with Gasteiger partial charge in [-0.15, -0.1) is 0 Å². The van der Waals surface area contributed by atoms with Gasteiger partial charge in [0.15, 0.2) is 0 Å². The van der Waals surface area contributed by atoms with E-state index in [9.17, 15) is 4.39 Å².